The fourth-order valence-corrected chi connectivity index (χ4v) is 1.23. The summed E-state index contributed by atoms with van der Waals surface area (Å²) >= 11 is 7.59. The van der Waals surface area contributed by atoms with Gasteiger partial charge in [0.25, 0.3) is 0 Å². The Morgan fingerprint density at radius 1 is 1.44 bits per heavy atom. The number of hydrogen-bond donors (Lipinski definition) is 1. The summed E-state index contributed by atoms with van der Waals surface area (Å²) in [5, 5.41) is 0. The van der Waals surface area contributed by atoms with Crippen LogP contribution < -0.4 is 0 Å². The van der Waals surface area contributed by atoms with Crippen molar-refractivity contribution in [3.8, 4) is 0 Å². The third kappa shape index (κ3) is 1.73. The first-order chi connectivity index (χ1) is 4.20. The number of rotatable bonds is 0. The molecule has 0 aromatic heterocycles. The molecule has 48 valence electrons. The third-order valence-electron chi connectivity index (χ3n) is 1.16. The van der Waals surface area contributed by atoms with Crippen molar-refractivity contribution in [1.82, 2.24) is 0 Å². The van der Waals surface area contributed by atoms with Crippen molar-refractivity contribution in [2.24, 2.45) is 0 Å². The van der Waals surface area contributed by atoms with Crippen molar-refractivity contribution in [3.63, 3.8) is 0 Å². The summed E-state index contributed by atoms with van der Waals surface area (Å²) in [4.78, 5) is 1.04. The molecule has 1 rings (SSSR count). The van der Waals surface area contributed by atoms with Gasteiger partial charge in [-0.25, -0.2) is 0 Å². The molecule has 1 aromatic carbocycles. The monoisotopic (exact) mass is 202 g/mol. The fraction of sp³-hybridized carbons (Fsp3) is 0.143. The van der Waals surface area contributed by atoms with Crippen LogP contribution in [0.2, 0.25) is 0 Å². The molecule has 0 aliphatic rings. The van der Waals surface area contributed by atoms with Crippen LogP contribution in [0.15, 0.2) is 27.6 Å². The van der Waals surface area contributed by atoms with Crippen molar-refractivity contribution < 1.29 is 0 Å². The lowest BCUT2D eigenvalue weighted by Crippen LogP contribution is -1.73. The van der Waals surface area contributed by atoms with Gasteiger partial charge in [-0.1, -0.05) is 15.9 Å². The van der Waals surface area contributed by atoms with Crippen LogP contribution in [-0.4, -0.2) is 0 Å². The Kier molecular flexibility index (Phi) is 2.19. The van der Waals surface area contributed by atoms with Crippen LogP contribution in [0, 0.1) is 6.92 Å². The van der Waals surface area contributed by atoms with E-state index in [-0.39, 0.29) is 0 Å². The molecule has 0 amide bonds. The minimum Gasteiger partial charge on any atom is -0.143 e. The molecule has 0 radical (unpaired) electrons. The van der Waals surface area contributed by atoms with Gasteiger partial charge in [0.1, 0.15) is 0 Å². The van der Waals surface area contributed by atoms with Gasteiger partial charge < -0.3 is 0 Å². The molecule has 0 heterocycles. The zero-order valence-corrected chi connectivity index (χ0v) is 7.54. The van der Waals surface area contributed by atoms with E-state index in [9.17, 15) is 0 Å². The number of aryl methyl sites for hydroxylation is 1. The molecule has 0 saturated heterocycles. The van der Waals surface area contributed by atoms with Crippen molar-refractivity contribution in [3.05, 3.63) is 28.2 Å². The lowest BCUT2D eigenvalue weighted by Gasteiger charge is -1.96. The Labute approximate surface area is 68.8 Å². The number of hydrogen-bond acceptors (Lipinski definition) is 1. The molecule has 2 heteroatoms. The molecule has 0 atom stereocenters. The molecular formula is C7H7BrS. The van der Waals surface area contributed by atoms with E-state index < -0.39 is 0 Å². The van der Waals surface area contributed by atoms with Gasteiger partial charge in [0.2, 0.25) is 0 Å². The standard InChI is InChI=1S/C7H7BrS/c1-5-4-6(8)2-3-7(5)9/h2-4,9H,1H3. The Morgan fingerprint density at radius 3 is 2.56 bits per heavy atom. The van der Waals surface area contributed by atoms with E-state index >= 15 is 0 Å². The highest BCUT2D eigenvalue weighted by Crippen LogP contribution is 2.17. The summed E-state index contributed by atoms with van der Waals surface area (Å²) in [6, 6.07) is 6.00. The van der Waals surface area contributed by atoms with E-state index in [0.717, 1.165) is 9.37 Å². The number of benzene rings is 1. The maximum absolute atomic E-state index is 4.22. The van der Waals surface area contributed by atoms with Crippen LogP contribution in [0.3, 0.4) is 0 Å². The maximum atomic E-state index is 4.22. The lowest BCUT2D eigenvalue weighted by molar-refractivity contribution is 1.30. The molecule has 1 aromatic rings. The highest BCUT2D eigenvalue weighted by molar-refractivity contribution is 9.10. The van der Waals surface area contributed by atoms with E-state index in [0.29, 0.717) is 0 Å². The smallest absolute Gasteiger partial charge is 0.0178 e. The van der Waals surface area contributed by atoms with E-state index in [4.69, 9.17) is 0 Å². The maximum Gasteiger partial charge on any atom is 0.0178 e. The minimum atomic E-state index is 1.04. The van der Waals surface area contributed by atoms with Gasteiger partial charge in [0, 0.05) is 9.37 Å². The molecule has 0 saturated carbocycles. The first kappa shape index (κ1) is 7.16. The van der Waals surface area contributed by atoms with Crippen LogP contribution in [0.5, 0.6) is 0 Å². The van der Waals surface area contributed by atoms with Crippen molar-refractivity contribution in [2.45, 2.75) is 11.8 Å². The Morgan fingerprint density at radius 2 is 2.11 bits per heavy atom. The summed E-state index contributed by atoms with van der Waals surface area (Å²) in [6.45, 7) is 2.03. The number of halogens is 1. The normalized spacial score (nSPS) is 9.67. The van der Waals surface area contributed by atoms with Gasteiger partial charge in [-0.05, 0) is 30.7 Å². The molecule has 0 fully saturated rings. The van der Waals surface area contributed by atoms with Gasteiger partial charge in [-0.2, -0.15) is 0 Å². The zero-order valence-electron chi connectivity index (χ0n) is 5.06. The quantitative estimate of drug-likeness (QED) is 0.615. The summed E-state index contributed by atoms with van der Waals surface area (Å²) in [5.41, 5.74) is 1.20. The van der Waals surface area contributed by atoms with Crippen LogP contribution in [-0.2, 0) is 0 Å². The van der Waals surface area contributed by atoms with Crippen molar-refractivity contribution in [2.75, 3.05) is 0 Å². The Balaban J connectivity index is 3.17. The zero-order chi connectivity index (χ0) is 6.85. The molecule has 0 unspecified atom stereocenters. The molecular weight excluding hydrogens is 196 g/mol. The second-order valence-corrected chi connectivity index (χ2v) is 3.33. The van der Waals surface area contributed by atoms with Gasteiger partial charge in [-0.15, -0.1) is 12.6 Å². The Bertz CT molecular complexity index is 220. The topological polar surface area (TPSA) is 0 Å². The van der Waals surface area contributed by atoms with Crippen molar-refractivity contribution in [1.29, 1.82) is 0 Å². The summed E-state index contributed by atoms with van der Waals surface area (Å²) < 4.78 is 1.11. The molecule has 0 aliphatic heterocycles. The largest absolute Gasteiger partial charge is 0.143 e. The molecule has 0 nitrogen and oxygen atoms in total. The van der Waals surface area contributed by atoms with E-state index in [1.165, 1.54) is 5.56 Å². The lowest BCUT2D eigenvalue weighted by atomic mass is 10.2. The molecule has 0 spiro atoms. The van der Waals surface area contributed by atoms with E-state index in [2.05, 4.69) is 28.6 Å². The highest BCUT2D eigenvalue weighted by Gasteiger charge is 1.91. The van der Waals surface area contributed by atoms with Gasteiger partial charge in [-0.3, -0.25) is 0 Å². The molecule has 0 aliphatic carbocycles. The molecule has 9 heavy (non-hydrogen) atoms. The second kappa shape index (κ2) is 2.76. The van der Waals surface area contributed by atoms with E-state index in [1.54, 1.807) is 0 Å². The van der Waals surface area contributed by atoms with Crippen LogP contribution >= 0.6 is 28.6 Å². The number of thiol groups is 1. The minimum absolute atomic E-state index is 1.04. The summed E-state index contributed by atoms with van der Waals surface area (Å²) in [7, 11) is 0. The Hall–Kier alpha value is 0.0500. The second-order valence-electron chi connectivity index (χ2n) is 1.93. The molecule has 0 N–H and O–H groups in total. The van der Waals surface area contributed by atoms with Gasteiger partial charge >= 0.3 is 0 Å². The average molecular weight is 203 g/mol. The fourth-order valence-electron chi connectivity index (χ4n) is 0.619. The summed E-state index contributed by atoms with van der Waals surface area (Å²) in [6.07, 6.45) is 0. The predicted molar refractivity (Wildman–Crippen MR) is 46.1 cm³/mol. The van der Waals surface area contributed by atoms with Gasteiger partial charge in [0.15, 0.2) is 0 Å². The molecule has 0 bridgehead atoms. The predicted octanol–water partition coefficient (Wildman–Crippen LogP) is 3.05. The van der Waals surface area contributed by atoms with Crippen LogP contribution in [0.25, 0.3) is 0 Å². The average Bonchev–Trinajstić information content (AvgIpc) is 1.80. The third-order valence-corrected chi connectivity index (χ3v) is 2.15. The van der Waals surface area contributed by atoms with Crippen molar-refractivity contribution >= 4 is 28.6 Å². The van der Waals surface area contributed by atoms with E-state index in [1.807, 2.05) is 25.1 Å². The van der Waals surface area contributed by atoms with Gasteiger partial charge in [0.05, 0.1) is 0 Å². The SMILES string of the molecule is Cc1cc(Br)ccc1S. The first-order valence-electron chi connectivity index (χ1n) is 2.65. The summed E-state index contributed by atoms with van der Waals surface area (Å²) in [5.74, 6) is 0. The first-order valence-corrected chi connectivity index (χ1v) is 3.89. The highest BCUT2D eigenvalue weighted by atomic mass is 79.9. The van der Waals surface area contributed by atoms with Crippen LogP contribution in [0.1, 0.15) is 5.56 Å². The van der Waals surface area contributed by atoms with Crippen LogP contribution in [0.4, 0.5) is 0 Å².